The molecule has 8 heteroatoms. The number of hydrogen-bond donors (Lipinski definition) is 3. The van der Waals surface area contributed by atoms with E-state index in [0.29, 0.717) is 36.3 Å². The van der Waals surface area contributed by atoms with Crippen LogP contribution in [-0.2, 0) is 16.0 Å². The number of aromatic amines is 1. The Morgan fingerprint density at radius 2 is 1.90 bits per heavy atom. The smallest absolute Gasteiger partial charge is 0.242 e. The van der Waals surface area contributed by atoms with E-state index in [2.05, 4.69) is 15.6 Å². The van der Waals surface area contributed by atoms with Crippen molar-refractivity contribution in [2.24, 2.45) is 0 Å². The second-order valence-corrected chi connectivity index (χ2v) is 7.85. The number of aromatic nitrogens is 1. The van der Waals surface area contributed by atoms with E-state index in [9.17, 15) is 18.4 Å². The van der Waals surface area contributed by atoms with Crippen molar-refractivity contribution in [3.63, 3.8) is 0 Å². The maximum absolute atomic E-state index is 14.6. The molecule has 1 aromatic heterocycles. The van der Waals surface area contributed by atoms with Gasteiger partial charge in [0.15, 0.2) is 0 Å². The Morgan fingerprint density at radius 3 is 2.58 bits per heavy atom. The van der Waals surface area contributed by atoms with Crippen molar-refractivity contribution in [1.82, 2.24) is 15.6 Å². The Labute approximate surface area is 182 Å². The minimum Gasteiger partial charge on any atom is -0.354 e. The van der Waals surface area contributed by atoms with Gasteiger partial charge in [-0.05, 0) is 72.5 Å². The molecule has 2 aromatic carbocycles. The van der Waals surface area contributed by atoms with Gasteiger partial charge in [-0.15, -0.1) is 0 Å². The van der Waals surface area contributed by atoms with E-state index in [0.717, 1.165) is 11.1 Å². The van der Waals surface area contributed by atoms with Crippen LogP contribution in [0.1, 0.15) is 18.4 Å². The maximum atomic E-state index is 14.6. The first-order valence-corrected chi connectivity index (χ1v) is 10.3. The SMILES string of the molecule is O=C(CCc1cc(-c2ccc(F)cc2)[nH]c1-c1ccc(Cl)cc1F)NC1CCNC1=O. The Bertz CT molecular complexity index is 1130. The molecular weight excluding hydrogens is 424 g/mol. The quantitative estimate of drug-likeness (QED) is 0.533. The van der Waals surface area contributed by atoms with Gasteiger partial charge < -0.3 is 15.6 Å². The molecule has 1 aliphatic heterocycles. The molecule has 5 nitrogen and oxygen atoms in total. The van der Waals surface area contributed by atoms with Crippen LogP contribution in [0.5, 0.6) is 0 Å². The van der Waals surface area contributed by atoms with Crippen molar-refractivity contribution >= 4 is 23.4 Å². The van der Waals surface area contributed by atoms with E-state index in [1.165, 1.54) is 18.2 Å². The highest BCUT2D eigenvalue weighted by molar-refractivity contribution is 6.30. The number of carbonyl (C=O) groups is 2. The lowest BCUT2D eigenvalue weighted by molar-refractivity contribution is -0.127. The van der Waals surface area contributed by atoms with E-state index >= 15 is 0 Å². The Morgan fingerprint density at radius 1 is 1.13 bits per heavy atom. The molecule has 3 N–H and O–H groups in total. The van der Waals surface area contributed by atoms with Crippen molar-refractivity contribution in [3.05, 3.63) is 70.8 Å². The van der Waals surface area contributed by atoms with Crippen molar-refractivity contribution in [2.45, 2.75) is 25.3 Å². The average molecular weight is 444 g/mol. The number of benzene rings is 2. The maximum Gasteiger partial charge on any atom is 0.242 e. The topological polar surface area (TPSA) is 74.0 Å². The van der Waals surface area contributed by atoms with E-state index in [1.54, 1.807) is 24.3 Å². The predicted molar refractivity (Wildman–Crippen MR) is 114 cm³/mol. The van der Waals surface area contributed by atoms with Gasteiger partial charge in [-0.3, -0.25) is 9.59 Å². The van der Waals surface area contributed by atoms with Crippen molar-refractivity contribution < 1.29 is 18.4 Å². The minimum atomic E-state index is -0.512. The highest BCUT2D eigenvalue weighted by atomic mass is 35.5. The summed E-state index contributed by atoms with van der Waals surface area (Å²) in [7, 11) is 0. The van der Waals surface area contributed by atoms with Crippen molar-refractivity contribution in [2.75, 3.05) is 6.54 Å². The van der Waals surface area contributed by atoms with Gasteiger partial charge >= 0.3 is 0 Å². The fraction of sp³-hybridized carbons (Fsp3) is 0.217. The molecular formula is C23H20ClF2N3O2. The molecule has 0 bridgehead atoms. The van der Waals surface area contributed by atoms with Gasteiger partial charge in [-0.2, -0.15) is 0 Å². The molecule has 2 amide bonds. The first-order valence-electron chi connectivity index (χ1n) is 9.91. The monoisotopic (exact) mass is 443 g/mol. The van der Waals surface area contributed by atoms with Crippen LogP contribution in [-0.4, -0.2) is 29.4 Å². The van der Waals surface area contributed by atoms with E-state index in [4.69, 9.17) is 11.6 Å². The Balaban J connectivity index is 1.60. The highest BCUT2D eigenvalue weighted by Gasteiger charge is 2.25. The van der Waals surface area contributed by atoms with Gasteiger partial charge in [0.1, 0.15) is 17.7 Å². The summed E-state index contributed by atoms with van der Waals surface area (Å²) < 4.78 is 27.9. The van der Waals surface area contributed by atoms with Gasteiger partial charge in [-0.25, -0.2) is 8.78 Å². The molecule has 1 unspecified atom stereocenters. The van der Waals surface area contributed by atoms with Gasteiger partial charge in [0.25, 0.3) is 0 Å². The summed E-state index contributed by atoms with van der Waals surface area (Å²) in [6.07, 6.45) is 1.02. The second-order valence-electron chi connectivity index (χ2n) is 7.41. The Kier molecular flexibility index (Phi) is 6.04. The van der Waals surface area contributed by atoms with E-state index in [-0.39, 0.29) is 29.1 Å². The number of nitrogens with one attached hydrogen (secondary N) is 3. The van der Waals surface area contributed by atoms with Crippen LogP contribution >= 0.6 is 11.6 Å². The predicted octanol–water partition coefficient (Wildman–Crippen LogP) is 4.22. The number of rotatable bonds is 6. The zero-order chi connectivity index (χ0) is 22.0. The van der Waals surface area contributed by atoms with Crippen molar-refractivity contribution in [1.29, 1.82) is 0 Å². The molecule has 0 radical (unpaired) electrons. The molecule has 0 aliphatic carbocycles. The van der Waals surface area contributed by atoms with E-state index < -0.39 is 11.9 Å². The summed E-state index contributed by atoms with van der Waals surface area (Å²) in [4.78, 5) is 27.2. The van der Waals surface area contributed by atoms with Crippen LogP contribution in [0.25, 0.3) is 22.5 Å². The number of halogens is 3. The van der Waals surface area contributed by atoms with E-state index in [1.807, 2.05) is 6.07 Å². The lowest BCUT2D eigenvalue weighted by Crippen LogP contribution is -2.40. The van der Waals surface area contributed by atoms with Crippen LogP contribution in [0.3, 0.4) is 0 Å². The fourth-order valence-corrected chi connectivity index (χ4v) is 3.82. The molecule has 2 heterocycles. The normalized spacial score (nSPS) is 15.7. The van der Waals surface area contributed by atoms with Crippen LogP contribution in [0.15, 0.2) is 48.5 Å². The number of H-pyrrole nitrogens is 1. The summed E-state index contributed by atoms with van der Waals surface area (Å²) >= 11 is 5.88. The third kappa shape index (κ3) is 4.77. The number of amides is 2. The van der Waals surface area contributed by atoms with Crippen LogP contribution < -0.4 is 10.6 Å². The molecule has 3 aromatic rings. The zero-order valence-electron chi connectivity index (χ0n) is 16.5. The lowest BCUT2D eigenvalue weighted by atomic mass is 10.0. The number of carbonyl (C=O) groups excluding carboxylic acids is 2. The van der Waals surface area contributed by atoms with Gasteiger partial charge in [-0.1, -0.05) is 11.6 Å². The zero-order valence-corrected chi connectivity index (χ0v) is 17.2. The molecule has 0 spiro atoms. The Hall–Kier alpha value is -3.19. The van der Waals surface area contributed by atoms with Gasteiger partial charge in [0, 0.05) is 29.2 Å². The first kappa shape index (κ1) is 21.1. The van der Waals surface area contributed by atoms with Crippen molar-refractivity contribution in [3.8, 4) is 22.5 Å². The molecule has 31 heavy (non-hydrogen) atoms. The molecule has 1 fully saturated rings. The first-order chi connectivity index (χ1) is 14.9. The summed E-state index contributed by atoms with van der Waals surface area (Å²) in [6, 6.07) is 11.6. The number of hydrogen-bond acceptors (Lipinski definition) is 2. The molecule has 1 aliphatic rings. The highest BCUT2D eigenvalue weighted by Crippen LogP contribution is 2.32. The standard InChI is InChI=1S/C23H20ClF2N3O2/c24-15-4-7-17(18(26)12-15)22-14(3-8-21(30)28-19-9-10-27-23(19)31)11-20(29-22)13-1-5-16(25)6-2-13/h1-2,4-7,11-12,19,29H,3,8-10H2,(H,27,31)(H,28,30). The number of aryl methyl sites for hydroxylation is 1. The molecule has 1 saturated heterocycles. The average Bonchev–Trinajstić information content (AvgIpc) is 3.33. The lowest BCUT2D eigenvalue weighted by Gasteiger charge is -2.10. The van der Waals surface area contributed by atoms with Crippen LogP contribution in [0.4, 0.5) is 8.78 Å². The largest absolute Gasteiger partial charge is 0.354 e. The van der Waals surface area contributed by atoms with Gasteiger partial charge in [0.05, 0.1) is 5.69 Å². The fourth-order valence-electron chi connectivity index (χ4n) is 3.66. The molecule has 1 atom stereocenters. The van der Waals surface area contributed by atoms with Gasteiger partial charge in [0.2, 0.25) is 11.8 Å². The molecule has 4 rings (SSSR count). The summed E-state index contributed by atoms with van der Waals surface area (Å²) in [5.41, 5.74) is 2.99. The third-order valence-electron chi connectivity index (χ3n) is 5.26. The van der Waals surface area contributed by atoms with Crippen LogP contribution in [0, 0.1) is 11.6 Å². The minimum absolute atomic E-state index is 0.132. The summed E-state index contributed by atoms with van der Waals surface area (Å²) in [5, 5.41) is 5.69. The third-order valence-corrected chi connectivity index (χ3v) is 5.50. The van der Waals surface area contributed by atoms with Crippen LogP contribution in [0.2, 0.25) is 5.02 Å². The molecule has 160 valence electrons. The second kappa shape index (κ2) is 8.89. The summed E-state index contributed by atoms with van der Waals surface area (Å²) in [5.74, 6) is -1.29. The molecule has 0 saturated carbocycles. The summed E-state index contributed by atoms with van der Waals surface area (Å²) in [6.45, 7) is 0.544.